The van der Waals surface area contributed by atoms with Crippen LogP contribution < -0.4 is 0 Å². The lowest BCUT2D eigenvalue weighted by Crippen LogP contribution is -2.44. The SMILES string of the molecule is CC(OC1(C)CC[CH]CC1)C(C)(C)O. The Balaban J connectivity index is 2.49. The van der Waals surface area contributed by atoms with Crippen LogP contribution in [0, 0.1) is 6.42 Å². The van der Waals surface area contributed by atoms with E-state index in [0.717, 1.165) is 25.7 Å². The van der Waals surface area contributed by atoms with Crippen molar-refractivity contribution in [2.45, 2.75) is 70.7 Å². The first-order chi connectivity index (χ1) is 6.33. The van der Waals surface area contributed by atoms with Crippen molar-refractivity contribution in [2.75, 3.05) is 0 Å². The summed E-state index contributed by atoms with van der Waals surface area (Å²) >= 11 is 0. The van der Waals surface area contributed by atoms with E-state index in [-0.39, 0.29) is 11.7 Å². The molecule has 2 nitrogen and oxygen atoms in total. The molecule has 1 unspecified atom stereocenters. The van der Waals surface area contributed by atoms with Crippen molar-refractivity contribution in [1.82, 2.24) is 0 Å². The predicted molar refractivity (Wildman–Crippen MR) is 58.0 cm³/mol. The van der Waals surface area contributed by atoms with Crippen molar-refractivity contribution in [3.05, 3.63) is 6.42 Å². The summed E-state index contributed by atoms with van der Waals surface area (Å²) in [6.45, 7) is 7.71. The molecule has 1 fully saturated rings. The molecule has 1 N–H and O–H groups in total. The van der Waals surface area contributed by atoms with Gasteiger partial charge in [0.05, 0.1) is 17.3 Å². The Hall–Kier alpha value is -0.0800. The van der Waals surface area contributed by atoms with E-state index in [4.69, 9.17) is 4.74 Å². The fourth-order valence-electron chi connectivity index (χ4n) is 1.77. The first kappa shape index (κ1) is 12.0. The molecule has 0 amide bonds. The molecule has 14 heavy (non-hydrogen) atoms. The van der Waals surface area contributed by atoms with Crippen LogP contribution in [0.1, 0.15) is 53.4 Å². The second-order valence-electron chi connectivity index (χ2n) is 5.23. The number of hydrogen-bond donors (Lipinski definition) is 1. The molecule has 1 aliphatic carbocycles. The van der Waals surface area contributed by atoms with E-state index in [1.807, 2.05) is 6.92 Å². The van der Waals surface area contributed by atoms with Crippen LogP contribution >= 0.6 is 0 Å². The minimum Gasteiger partial charge on any atom is -0.388 e. The highest BCUT2D eigenvalue weighted by Gasteiger charge is 2.34. The molecule has 0 aromatic rings. The number of rotatable bonds is 3. The monoisotopic (exact) mass is 199 g/mol. The van der Waals surface area contributed by atoms with E-state index in [2.05, 4.69) is 13.3 Å². The van der Waals surface area contributed by atoms with E-state index >= 15 is 0 Å². The molecule has 0 aliphatic heterocycles. The maximum Gasteiger partial charge on any atom is 0.0849 e. The summed E-state index contributed by atoms with van der Waals surface area (Å²) in [4.78, 5) is 0. The van der Waals surface area contributed by atoms with Gasteiger partial charge in [-0.3, -0.25) is 0 Å². The quantitative estimate of drug-likeness (QED) is 0.757. The maximum absolute atomic E-state index is 9.80. The summed E-state index contributed by atoms with van der Waals surface area (Å²) < 4.78 is 5.97. The third-order valence-electron chi connectivity index (χ3n) is 3.21. The minimum absolute atomic E-state index is 0.0336. The summed E-state index contributed by atoms with van der Waals surface area (Å²) in [6, 6.07) is 0. The van der Waals surface area contributed by atoms with Gasteiger partial charge < -0.3 is 9.84 Å². The highest BCUT2D eigenvalue weighted by molar-refractivity contribution is 4.89. The Morgan fingerprint density at radius 1 is 1.36 bits per heavy atom. The van der Waals surface area contributed by atoms with Crippen LogP contribution in [0.25, 0.3) is 0 Å². The van der Waals surface area contributed by atoms with Crippen molar-refractivity contribution < 1.29 is 9.84 Å². The van der Waals surface area contributed by atoms with Crippen molar-refractivity contribution in [3.63, 3.8) is 0 Å². The van der Waals surface area contributed by atoms with Gasteiger partial charge in [-0.1, -0.05) is 0 Å². The van der Waals surface area contributed by atoms with Crippen molar-refractivity contribution in [2.24, 2.45) is 0 Å². The Morgan fingerprint density at radius 2 is 1.86 bits per heavy atom. The standard InChI is InChI=1S/C12H23O2/c1-10(11(2,3)13)14-12(4)8-6-5-7-9-12/h5,10,13H,6-9H2,1-4H3. The van der Waals surface area contributed by atoms with Crippen LogP contribution in [0.2, 0.25) is 0 Å². The molecular weight excluding hydrogens is 176 g/mol. The molecule has 0 saturated heterocycles. The lowest BCUT2D eigenvalue weighted by molar-refractivity contribution is -0.157. The van der Waals surface area contributed by atoms with Crippen LogP contribution in [0.15, 0.2) is 0 Å². The van der Waals surface area contributed by atoms with Gasteiger partial charge in [0.15, 0.2) is 0 Å². The molecule has 1 atom stereocenters. The van der Waals surface area contributed by atoms with Gasteiger partial charge in [-0.15, -0.1) is 0 Å². The van der Waals surface area contributed by atoms with E-state index < -0.39 is 5.60 Å². The maximum atomic E-state index is 9.80. The Bertz CT molecular complexity index is 175. The van der Waals surface area contributed by atoms with E-state index in [9.17, 15) is 5.11 Å². The van der Waals surface area contributed by atoms with Crippen LogP contribution in [0.5, 0.6) is 0 Å². The second kappa shape index (κ2) is 4.19. The first-order valence-corrected chi connectivity index (χ1v) is 5.55. The van der Waals surface area contributed by atoms with Crippen molar-refractivity contribution in [3.8, 4) is 0 Å². The zero-order valence-electron chi connectivity index (χ0n) is 9.84. The number of ether oxygens (including phenoxy) is 1. The molecule has 1 rings (SSSR count). The molecule has 83 valence electrons. The normalized spacial score (nSPS) is 24.6. The summed E-state index contributed by atoms with van der Waals surface area (Å²) in [5.74, 6) is 0. The Labute approximate surface area is 87.7 Å². The van der Waals surface area contributed by atoms with Gasteiger partial charge in [-0.2, -0.15) is 0 Å². The zero-order valence-corrected chi connectivity index (χ0v) is 9.84. The third-order valence-corrected chi connectivity index (χ3v) is 3.21. The van der Waals surface area contributed by atoms with Crippen molar-refractivity contribution in [1.29, 1.82) is 0 Å². The molecule has 0 bridgehead atoms. The first-order valence-electron chi connectivity index (χ1n) is 5.55. The molecule has 1 aliphatic rings. The molecule has 0 aromatic heterocycles. The molecular formula is C12H23O2. The number of hydrogen-bond acceptors (Lipinski definition) is 2. The molecule has 0 spiro atoms. The van der Waals surface area contributed by atoms with E-state index in [1.54, 1.807) is 13.8 Å². The van der Waals surface area contributed by atoms with Crippen LogP contribution in [-0.2, 0) is 4.74 Å². The molecule has 0 aromatic carbocycles. The average Bonchev–Trinajstić information content (AvgIpc) is 2.02. The summed E-state index contributed by atoms with van der Waals surface area (Å²) in [5.41, 5.74) is -0.779. The molecule has 1 saturated carbocycles. The fourth-order valence-corrected chi connectivity index (χ4v) is 1.77. The van der Waals surface area contributed by atoms with Gasteiger partial charge in [0, 0.05) is 0 Å². The third kappa shape index (κ3) is 3.25. The Kier molecular flexibility index (Phi) is 3.59. The Morgan fingerprint density at radius 3 is 2.29 bits per heavy atom. The topological polar surface area (TPSA) is 29.5 Å². The summed E-state index contributed by atoms with van der Waals surface area (Å²) in [6.07, 6.45) is 6.64. The lowest BCUT2D eigenvalue weighted by atomic mass is 9.85. The summed E-state index contributed by atoms with van der Waals surface area (Å²) in [7, 11) is 0. The van der Waals surface area contributed by atoms with Gasteiger partial charge in [0.25, 0.3) is 0 Å². The number of aliphatic hydroxyl groups is 1. The second-order valence-corrected chi connectivity index (χ2v) is 5.23. The highest BCUT2D eigenvalue weighted by atomic mass is 16.5. The fraction of sp³-hybridized carbons (Fsp3) is 0.917. The summed E-state index contributed by atoms with van der Waals surface area (Å²) in [5, 5.41) is 9.80. The largest absolute Gasteiger partial charge is 0.388 e. The van der Waals surface area contributed by atoms with E-state index in [1.165, 1.54) is 0 Å². The highest BCUT2D eigenvalue weighted by Crippen LogP contribution is 2.33. The van der Waals surface area contributed by atoms with Gasteiger partial charge in [-0.05, 0) is 59.8 Å². The van der Waals surface area contributed by atoms with Gasteiger partial charge in [0.1, 0.15) is 0 Å². The smallest absolute Gasteiger partial charge is 0.0849 e. The molecule has 1 radical (unpaired) electrons. The van der Waals surface area contributed by atoms with Crippen LogP contribution in [0.3, 0.4) is 0 Å². The van der Waals surface area contributed by atoms with Crippen molar-refractivity contribution >= 4 is 0 Å². The molecule has 0 heterocycles. The van der Waals surface area contributed by atoms with Gasteiger partial charge in [-0.25, -0.2) is 0 Å². The predicted octanol–water partition coefficient (Wildman–Crippen LogP) is 2.70. The van der Waals surface area contributed by atoms with E-state index in [0.29, 0.717) is 0 Å². The van der Waals surface area contributed by atoms with Crippen LogP contribution in [0.4, 0.5) is 0 Å². The zero-order chi connectivity index (χ0) is 10.8. The van der Waals surface area contributed by atoms with Crippen LogP contribution in [-0.4, -0.2) is 22.4 Å². The lowest BCUT2D eigenvalue weighted by Gasteiger charge is -2.39. The van der Waals surface area contributed by atoms with Gasteiger partial charge in [0.2, 0.25) is 0 Å². The average molecular weight is 199 g/mol. The van der Waals surface area contributed by atoms with Gasteiger partial charge >= 0.3 is 0 Å². The minimum atomic E-state index is -0.746. The molecule has 2 heteroatoms.